The van der Waals surface area contributed by atoms with E-state index in [2.05, 4.69) is 6.92 Å². The maximum absolute atomic E-state index is 13.7. The van der Waals surface area contributed by atoms with Gasteiger partial charge in [-0.2, -0.15) is 0 Å². The van der Waals surface area contributed by atoms with Crippen LogP contribution in [0, 0.1) is 0 Å². The molecule has 2 amide bonds. The van der Waals surface area contributed by atoms with Gasteiger partial charge in [-0.05, 0) is 46.7 Å². The zero-order chi connectivity index (χ0) is 26.3. The Bertz CT molecular complexity index is 1360. The standard InChI is InChI=1S/C33H31NO4/c1-2-25(28-19-12-20-29(21-28)37-23-24-13-6-3-7-14-24)22-30(35)34-31(26-15-8-4-9-16-26)32(38-33(34)36)27-17-10-5-11-18-27/h3-21,25,31-32H,2,22-23H2,1H3. The van der Waals surface area contributed by atoms with Crippen LogP contribution in [-0.2, 0) is 16.1 Å². The van der Waals surface area contributed by atoms with Crippen LogP contribution in [-0.4, -0.2) is 16.9 Å². The predicted octanol–water partition coefficient (Wildman–Crippen LogP) is 7.61. The smallest absolute Gasteiger partial charge is 0.417 e. The summed E-state index contributed by atoms with van der Waals surface area (Å²) in [6.45, 7) is 2.53. The fourth-order valence-corrected chi connectivity index (χ4v) is 5.01. The van der Waals surface area contributed by atoms with Crippen molar-refractivity contribution >= 4 is 12.0 Å². The van der Waals surface area contributed by atoms with Gasteiger partial charge in [0.15, 0.2) is 6.10 Å². The van der Waals surface area contributed by atoms with Crippen LogP contribution in [0.2, 0.25) is 0 Å². The molecule has 1 aliphatic rings. The summed E-state index contributed by atoms with van der Waals surface area (Å²) in [5, 5.41) is 0. The minimum absolute atomic E-state index is 0.0669. The van der Waals surface area contributed by atoms with Crippen LogP contribution >= 0.6 is 0 Å². The Hall–Kier alpha value is -4.38. The molecule has 0 radical (unpaired) electrons. The third-order valence-corrected chi connectivity index (χ3v) is 7.02. The van der Waals surface area contributed by atoms with Gasteiger partial charge >= 0.3 is 6.09 Å². The Kier molecular flexibility index (Phi) is 7.84. The molecular formula is C33H31NO4. The van der Waals surface area contributed by atoms with E-state index in [0.717, 1.165) is 34.4 Å². The highest BCUT2D eigenvalue weighted by atomic mass is 16.6. The van der Waals surface area contributed by atoms with Crippen molar-refractivity contribution in [2.45, 2.75) is 44.4 Å². The lowest BCUT2D eigenvalue weighted by Gasteiger charge is -2.25. The van der Waals surface area contributed by atoms with Crippen molar-refractivity contribution in [3.63, 3.8) is 0 Å². The number of ether oxygens (including phenoxy) is 2. The number of hydrogen-bond acceptors (Lipinski definition) is 4. The van der Waals surface area contributed by atoms with E-state index in [4.69, 9.17) is 9.47 Å². The SMILES string of the molecule is CCC(CC(=O)N1C(=O)OC(c2ccccc2)C1c1ccccc1)c1cccc(OCc2ccccc2)c1. The second-order valence-corrected chi connectivity index (χ2v) is 9.49. The van der Waals surface area contributed by atoms with Crippen molar-refractivity contribution in [1.82, 2.24) is 4.90 Å². The van der Waals surface area contributed by atoms with Gasteiger partial charge in [0.2, 0.25) is 5.91 Å². The van der Waals surface area contributed by atoms with Gasteiger partial charge < -0.3 is 9.47 Å². The monoisotopic (exact) mass is 505 g/mol. The molecule has 0 N–H and O–H groups in total. The Balaban J connectivity index is 1.36. The molecular weight excluding hydrogens is 474 g/mol. The zero-order valence-corrected chi connectivity index (χ0v) is 21.4. The Morgan fingerprint density at radius 2 is 1.47 bits per heavy atom. The van der Waals surface area contributed by atoms with Gasteiger partial charge in [-0.3, -0.25) is 4.79 Å². The van der Waals surface area contributed by atoms with Crippen LogP contribution in [0.5, 0.6) is 5.75 Å². The number of imide groups is 1. The third kappa shape index (κ3) is 5.62. The van der Waals surface area contributed by atoms with Crippen molar-refractivity contribution in [3.05, 3.63) is 138 Å². The summed E-state index contributed by atoms with van der Waals surface area (Å²) in [4.78, 5) is 28.2. The molecule has 1 aliphatic heterocycles. The summed E-state index contributed by atoms with van der Waals surface area (Å²) in [6, 6.07) is 36.6. The van der Waals surface area contributed by atoms with Gasteiger partial charge in [0.1, 0.15) is 18.4 Å². The minimum atomic E-state index is -0.604. The van der Waals surface area contributed by atoms with Crippen LogP contribution in [0.3, 0.4) is 0 Å². The number of benzene rings is 4. The second kappa shape index (κ2) is 11.8. The van der Waals surface area contributed by atoms with E-state index in [-0.39, 0.29) is 18.2 Å². The van der Waals surface area contributed by atoms with Crippen LogP contribution < -0.4 is 4.74 Å². The van der Waals surface area contributed by atoms with Crippen LogP contribution in [0.15, 0.2) is 115 Å². The van der Waals surface area contributed by atoms with E-state index in [9.17, 15) is 9.59 Å². The highest BCUT2D eigenvalue weighted by molar-refractivity contribution is 5.94. The molecule has 0 spiro atoms. The molecule has 1 fully saturated rings. The lowest BCUT2D eigenvalue weighted by atomic mass is 9.91. The number of carbonyl (C=O) groups excluding carboxylic acids is 2. The quantitative estimate of drug-likeness (QED) is 0.235. The Labute approximate surface area is 223 Å². The Morgan fingerprint density at radius 3 is 2.13 bits per heavy atom. The summed E-state index contributed by atoms with van der Waals surface area (Å²) in [5.74, 6) is 0.441. The molecule has 5 heteroatoms. The minimum Gasteiger partial charge on any atom is -0.489 e. The lowest BCUT2D eigenvalue weighted by molar-refractivity contribution is -0.129. The van der Waals surface area contributed by atoms with Gasteiger partial charge in [0.25, 0.3) is 0 Å². The number of rotatable bonds is 9. The molecule has 38 heavy (non-hydrogen) atoms. The van der Waals surface area contributed by atoms with Crippen molar-refractivity contribution in [2.75, 3.05) is 0 Å². The molecule has 1 heterocycles. The maximum Gasteiger partial charge on any atom is 0.417 e. The summed E-state index contributed by atoms with van der Waals surface area (Å²) < 4.78 is 11.8. The zero-order valence-electron chi connectivity index (χ0n) is 21.4. The first kappa shape index (κ1) is 25.3. The molecule has 0 aliphatic carbocycles. The maximum atomic E-state index is 13.7. The topological polar surface area (TPSA) is 55.8 Å². The van der Waals surface area contributed by atoms with E-state index < -0.39 is 18.2 Å². The van der Waals surface area contributed by atoms with Gasteiger partial charge in [0, 0.05) is 6.42 Å². The average molecular weight is 506 g/mol. The van der Waals surface area contributed by atoms with E-state index in [0.29, 0.717) is 6.61 Å². The number of nitrogens with zero attached hydrogens (tertiary/aromatic N) is 1. The first-order chi connectivity index (χ1) is 18.6. The summed E-state index contributed by atoms with van der Waals surface area (Å²) in [7, 11) is 0. The normalized spacial score (nSPS) is 17.6. The van der Waals surface area contributed by atoms with E-state index in [1.54, 1.807) is 0 Å². The van der Waals surface area contributed by atoms with E-state index in [1.165, 1.54) is 4.90 Å². The third-order valence-electron chi connectivity index (χ3n) is 7.02. The predicted molar refractivity (Wildman–Crippen MR) is 147 cm³/mol. The molecule has 192 valence electrons. The number of amides is 2. The molecule has 0 aromatic heterocycles. The van der Waals surface area contributed by atoms with Crippen molar-refractivity contribution < 1.29 is 19.1 Å². The van der Waals surface area contributed by atoms with Crippen LogP contribution in [0.25, 0.3) is 0 Å². The molecule has 4 aromatic rings. The first-order valence-corrected chi connectivity index (χ1v) is 13.0. The highest BCUT2D eigenvalue weighted by Gasteiger charge is 2.47. The van der Waals surface area contributed by atoms with Crippen LogP contribution in [0.4, 0.5) is 4.79 Å². The fourth-order valence-electron chi connectivity index (χ4n) is 5.01. The summed E-state index contributed by atoms with van der Waals surface area (Å²) in [6.07, 6.45) is -0.231. The molecule has 4 aromatic carbocycles. The molecule has 1 saturated heterocycles. The molecule has 5 nitrogen and oxygen atoms in total. The lowest BCUT2D eigenvalue weighted by Crippen LogP contribution is -2.35. The number of carbonyl (C=O) groups is 2. The number of hydrogen-bond donors (Lipinski definition) is 0. The van der Waals surface area contributed by atoms with Gasteiger partial charge in [-0.15, -0.1) is 0 Å². The summed E-state index contributed by atoms with van der Waals surface area (Å²) >= 11 is 0. The van der Waals surface area contributed by atoms with Gasteiger partial charge in [0.05, 0.1) is 0 Å². The second-order valence-electron chi connectivity index (χ2n) is 9.49. The average Bonchev–Trinajstić information content (AvgIpc) is 3.33. The van der Waals surface area contributed by atoms with E-state index in [1.807, 2.05) is 115 Å². The van der Waals surface area contributed by atoms with Crippen molar-refractivity contribution in [3.8, 4) is 5.75 Å². The first-order valence-electron chi connectivity index (χ1n) is 13.0. The van der Waals surface area contributed by atoms with Crippen molar-refractivity contribution in [2.24, 2.45) is 0 Å². The summed E-state index contributed by atoms with van der Waals surface area (Å²) in [5.41, 5.74) is 3.83. The van der Waals surface area contributed by atoms with Gasteiger partial charge in [-0.1, -0.05) is 110 Å². The molecule has 0 saturated carbocycles. The Morgan fingerprint density at radius 1 is 0.842 bits per heavy atom. The molecule has 3 atom stereocenters. The fraction of sp³-hybridized carbons (Fsp3) is 0.212. The molecule has 5 rings (SSSR count). The highest BCUT2D eigenvalue weighted by Crippen LogP contribution is 2.44. The van der Waals surface area contributed by atoms with E-state index >= 15 is 0 Å². The largest absolute Gasteiger partial charge is 0.489 e. The number of cyclic esters (lactones) is 1. The van der Waals surface area contributed by atoms with Crippen LogP contribution in [0.1, 0.15) is 60.1 Å². The molecule has 0 bridgehead atoms. The van der Waals surface area contributed by atoms with Gasteiger partial charge in [-0.25, -0.2) is 9.69 Å². The van der Waals surface area contributed by atoms with Crippen molar-refractivity contribution in [1.29, 1.82) is 0 Å². The molecule has 3 unspecified atom stereocenters.